The summed E-state index contributed by atoms with van der Waals surface area (Å²) in [5.41, 5.74) is 0.380. The molecule has 15 heavy (non-hydrogen) atoms. The van der Waals surface area contributed by atoms with Gasteiger partial charge in [-0.2, -0.15) is 8.42 Å². The SMILES string of the molecule is CS(=O)(=O)Oc1ccc(C(O)C=O)cc1. The summed E-state index contributed by atoms with van der Waals surface area (Å²) in [7, 11) is -3.55. The van der Waals surface area contributed by atoms with Crippen LogP contribution in [0.15, 0.2) is 24.3 Å². The molecule has 0 saturated carbocycles. The predicted molar refractivity (Wildman–Crippen MR) is 52.9 cm³/mol. The fourth-order valence-electron chi connectivity index (χ4n) is 0.974. The number of aliphatic hydroxyl groups excluding tert-OH is 1. The normalized spacial score (nSPS) is 13.2. The van der Waals surface area contributed by atoms with E-state index in [1.54, 1.807) is 0 Å². The number of carbonyl (C=O) groups excluding carboxylic acids is 1. The van der Waals surface area contributed by atoms with Crippen LogP contribution in [0, 0.1) is 0 Å². The van der Waals surface area contributed by atoms with Gasteiger partial charge in [0.15, 0.2) is 6.29 Å². The molecule has 82 valence electrons. The second-order valence-corrected chi connectivity index (χ2v) is 4.51. The third-order valence-electron chi connectivity index (χ3n) is 1.60. The largest absolute Gasteiger partial charge is 0.383 e. The number of rotatable bonds is 4. The Morgan fingerprint density at radius 1 is 1.33 bits per heavy atom. The smallest absolute Gasteiger partial charge is 0.306 e. The van der Waals surface area contributed by atoms with Gasteiger partial charge in [-0.05, 0) is 17.7 Å². The van der Waals surface area contributed by atoms with Gasteiger partial charge in [0.25, 0.3) is 0 Å². The summed E-state index contributed by atoms with van der Waals surface area (Å²) in [5.74, 6) is 0.138. The van der Waals surface area contributed by atoms with Gasteiger partial charge in [-0.15, -0.1) is 0 Å². The Labute approximate surface area is 87.4 Å². The molecule has 0 heterocycles. The van der Waals surface area contributed by atoms with E-state index in [2.05, 4.69) is 4.18 Å². The molecule has 1 N–H and O–H groups in total. The first-order valence-corrected chi connectivity index (χ1v) is 5.87. The van der Waals surface area contributed by atoms with Crippen LogP contribution in [-0.2, 0) is 14.9 Å². The topological polar surface area (TPSA) is 80.7 Å². The van der Waals surface area contributed by atoms with Crippen molar-refractivity contribution in [2.45, 2.75) is 6.10 Å². The van der Waals surface area contributed by atoms with Gasteiger partial charge in [-0.3, -0.25) is 0 Å². The van der Waals surface area contributed by atoms with E-state index in [0.29, 0.717) is 11.8 Å². The third-order valence-corrected chi connectivity index (χ3v) is 2.09. The third kappa shape index (κ3) is 3.69. The lowest BCUT2D eigenvalue weighted by atomic mass is 10.1. The van der Waals surface area contributed by atoms with Crippen LogP contribution in [0.4, 0.5) is 0 Å². The molecule has 1 aromatic carbocycles. The van der Waals surface area contributed by atoms with Crippen molar-refractivity contribution in [2.24, 2.45) is 0 Å². The molecule has 0 aliphatic rings. The van der Waals surface area contributed by atoms with Crippen molar-refractivity contribution in [2.75, 3.05) is 6.26 Å². The maximum atomic E-state index is 10.7. The van der Waals surface area contributed by atoms with Gasteiger partial charge in [0.05, 0.1) is 6.26 Å². The van der Waals surface area contributed by atoms with Crippen molar-refractivity contribution >= 4 is 16.4 Å². The van der Waals surface area contributed by atoms with Gasteiger partial charge >= 0.3 is 10.1 Å². The number of hydrogen-bond donors (Lipinski definition) is 1. The van der Waals surface area contributed by atoms with Gasteiger partial charge in [0, 0.05) is 0 Å². The van der Waals surface area contributed by atoms with Crippen molar-refractivity contribution in [1.82, 2.24) is 0 Å². The molecule has 5 nitrogen and oxygen atoms in total. The van der Waals surface area contributed by atoms with Gasteiger partial charge in [-0.1, -0.05) is 12.1 Å². The Balaban J connectivity index is 2.86. The summed E-state index contributed by atoms with van der Waals surface area (Å²) in [6, 6.07) is 5.56. The Bertz CT molecular complexity index is 434. The molecule has 0 aliphatic carbocycles. The minimum absolute atomic E-state index is 0.138. The predicted octanol–water partition coefficient (Wildman–Crippen LogP) is 0.257. The summed E-state index contributed by atoms with van der Waals surface area (Å²) < 4.78 is 26.1. The van der Waals surface area contributed by atoms with Crippen LogP contribution in [0.3, 0.4) is 0 Å². The second kappa shape index (κ2) is 4.41. The number of aldehydes is 1. The number of hydrogen-bond acceptors (Lipinski definition) is 5. The van der Waals surface area contributed by atoms with Crippen LogP contribution in [0.25, 0.3) is 0 Å². The highest BCUT2D eigenvalue weighted by atomic mass is 32.2. The van der Waals surface area contributed by atoms with Crippen LogP contribution >= 0.6 is 0 Å². The van der Waals surface area contributed by atoms with E-state index in [4.69, 9.17) is 5.11 Å². The van der Waals surface area contributed by atoms with Gasteiger partial charge in [0.2, 0.25) is 0 Å². The molecular formula is C9H10O5S. The van der Waals surface area contributed by atoms with E-state index in [9.17, 15) is 13.2 Å². The van der Waals surface area contributed by atoms with Crippen LogP contribution in [0.1, 0.15) is 11.7 Å². The molecule has 1 atom stereocenters. The quantitative estimate of drug-likeness (QED) is 0.592. The van der Waals surface area contributed by atoms with Crippen LogP contribution in [0.5, 0.6) is 5.75 Å². The highest BCUT2D eigenvalue weighted by molar-refractivity contribution is 7.86. The Hall–Kier alpha value is -1.40. The summed E-state index contributed by atoms with van der Waals surface area (Å²) in [6.07, 6.45) is 0.116. The maximum absolute atomic E-state index is 10.7. The molecule has 0 fully saturated rings. The average molecular weight is 230 g/mol. The molecule has 0 aliphatic heterocycles. The van der Waals surface area contributed by atoms with E-state index in [1.165, 1.54) is 24.3 Å². The summed E-state index contributed by atoms with van der Waals surface area (Å²) in [5, 5.41) is 9.13. The molecule has 1 rings (SSSR count). The first-order chi connectivity index (χ1) is 6.92. The Morgan fingerprint density at radius 3 is 2.27 bits per heavy atom. The molecule has 0 spiro atoms. The van der Waals surface area contributed by atoms with Crippen molar-refractivity contribution < 1.29 is 22.5 Å². The van der Waals surface area contributed by atoms with Crippen molar-refractivity contribution in [3.63, 3.8) is 0 Å². The van der Waals surface area contributed by atoms with Crippen molar-refractivity contribution in [3.05, 3.63) is 29.8 Å². The van der Waals surface area contributed by atoms with Crippen molar-refractivity contribution in [1.29, 1.82) is 0 Å². The highest BCUT2D eigenvalue weighted by Crippen LogP contribution is 2.17. The minimum atomic E-state index is -3.55. The molecule has 0 aromatic heterocycles. The molecule has 0 amide bonds. The zero-order valence-corrected chi connectivity index (χ0v) is 8.77. The molecular weight excluding hydrogens is 220 g/mol. The van der Waals surface area contributed by atoms with E-state index in [-0.39, 0.29) is 5.75 Å². The zero-order valence-electron chi connectivity index (χ0n) is 7.95. The summed E-state index contributed by atoms with van der Waals surface area (Å²) in [6.45, 7) is 0. The molecule has 0 saturated heterocycles. The summed E-state index contributed by atoms with van der Waals surface area (Å²) >= 11 is 0. The monoisotopic (exact) mass is 230 g/mol. The molecule has 1 aromatic rings. The second-order valence-electron chi connectivity index (χ2n) is 2.94. The van der Waals surface area contributed by atoms with E-state index in [1.807, 2.05) is 0 Å². The fourth-order valence-corrected chi connectivity index (χ4v) is 1.43. The van der Waals surface area contributed by atoms with Crippen LogP contribution in [-0.4, -0.2) is 26.1 Å². The molecule has 0 radical (unpaired) electrons. The van der Waals surface area contributed by atoms with Gasteiger partial charge in [-0.25, -0.2) is 0 Å². The van der Waals surface area contributed by atoms with Gasteiger partial charge in [0.1, 0.15) is 11.9 Å². The van der Waals surface area contributed by atoms with Crippen LogP contribution in [0.2, 0.25) is 0 Å². The Kier molecular flexibility index (Phi) is 3.43. The van der Waals surface area contributed by atoms with Crippen molar-refractivity contribution in [3.8, 4) is 5.75 Å². The standard InChI is InChI=1S/C9H10O5S/c1-15(12,13)14-8-4-2-7(3-5-8)9(11)6-10/h2-6,9,11H,1H3. The van der Waals surface area contributed by atoms with Crippen LogP contribution < -0.4 is 4.18 Å². The lowest BCUT2D eigenvalue weighted by Crippen LogP contribution is -2.06. The fraction of sp³-hybridized carbons (Fsp3) is 0.222. The lowest BCUT2D eigenvalue weighted by Gasteiger charge is -2.05. The van der Waals surface area contributed by atoms with E-state index < -0.39 is 16.2 Å². The van der Waals surface area contributed by atoms with E-state index >= 15 is 0 Å². The minimum Gasteiger partial charge on any atom is -0.383 e. The summed E-state index contributed by atoms with van der Waals surface area (Å²) in [4.78, 5) is 10.2. The first kappa shape index (κ1) is 11.7. The number of carbonyl (C=O) groups is 1. The Morgan fingerprint density at radius 2 is 1.87 bits per heavy atom. The molecule has 6 heteroatoms. The first-order valence-electron chi connectivity index (χ1n) is 4.05. The van der Waals surface area contributed by atoms with Gasteiger partial charge < -0.3 is 14.1 Å². The van der Waals surface area contributed by atoms with E-state index in [0.717, 1.165) is 6.26 Å². The molecule has 1 unspecified atom stereocenters. The highest BCUT2D eigenvalue weighted by Gasteiger charge is 2.07. The maximum Gasteiger partial charge on any atom is 0.306 e. The number of benzene rings is 1. The average Bonchev–Trinajstić information content (AvgIpc) is 2.15. The lowest BCUT2D eigenvalue weighted by molar-refractivity contribution is -0.115. The number of aliphatic hydroxyl groups is 1. The zero-order chi connectivity index (χ0) is 11.5. The molecule has 0 bridgehead atoms.